The molecule has 0 aromatic heterocycles. The van der Waals surface area contributed by atoms with Gasteiger partial charge in [-0.25, -0.2) is 10.2 Å². The molecule has 2 aromatic carbocycles. The number of para-hydroxylation sites is 2. The number of nitrogens with zero attached hydrogens (tertiary/aromatic N) is 1. The van der Waals surface area contributed by atoms with Gasteiger partial charge in [-0.15, -0.1) is 0 Å². The first-order valence-electron chi connectivity index (χ1n) is 8.00. The average molecular weight is 372 g/mol. The zero-order valence-corrected chi connectivity index (χ0v) is 15.1. The van der Waals surface area contributed by atoms with Gasteiger partial charge in [-0.3, -0.25) is 4.79 Å². The molecule has 0 saturated carbocycles. The molecule has 142 valence electrons. The Kier molecular flexibility index (Phi) is 6.76. The lowest BCUT2D eigenvalue weighted by Gasteiger charge is -2.15. The monoisotopic (exact) mass is 372 g/mol. The number of carbonyl (C=O) groups excluding carboxylic acids is 1. The number of hydrogen-bond donors (Lipinski definition) is 2. The molecule has 0 unspecified atom stereocenters. The van der Waals surface area contributed by atoms with Gasteiger partial charge in [0.2, 0.25) is 0 Å². The second-order valence-electron chi connectivity index (χ2n) is 5.38. The standard InChI is InChI=1S/C19H20N2O6/c1-12(19(23)24)27-17-13(7-6-10-16(17)26-3)11-20-21-18(22)14-8-4-5-9-15(14)25-2/h4-12H,1-3H3,(H,21,22)(H,23,24)/b20-11-/t12-/m1/s1. The number of rotatable bonds is 8. The van der Waals surface area contributed by atoms with E-state index in [0.717, 1.165) is 0 Å². The van der Waals surface area contributed by atoms with Crippen molar-refractivity contribution in [2.24, 2.45) is 5.10 Å². The Morgan fingerprint density at radius 1 is 1.07 bits per heavy atom. The molecule has 0 saturated heterocycles. The minimum absolute atomic E-state index is 0.213. The van der Waals surface area contributed by atoms with Gasteiger partial charge in [-0.05, 0) is 31.2 Å². The summed E-state index contributed by atoms with van der Waals surface area (Å²) in [5, 5.41) is 13.0. The quantitative estimate of drug-likeness (QED) is 0.544. The maximum Gasteiger partial charge on any atom is 0.344 e. The molecule has 2 rings (SSSR count). The first-order valence-corrected chi connectivity index (χ1v) is 8.00. The highest BCUT2D eigenvalue weighted by Gasteiger charge is 2.18. The molecule has 0 bridgehead atoms. The molecular weight excluding hydrogens is 352 g/mol. The van der Waals surface area contributed by atoms with E-state index >= 15 is 0 Å². The first kappa shape index (κ1) is 19.8. The molecule has 0 aliphatic carbocycles. The van der Waals surface area contributed by atoms with Crippen molar-refractivity contribution in [3.63, 3.8) is 0 Å². The van der Waals surface area contributed by atoms with Gasteiger partial charge in [-0.2, -0.15) is 5.10 Å². The third-order valence-corrected chi connectivity index (χ3v) is 3.59. The van der Waals surface area contributed by atoms with Crippen molar-refractivity contribution >= 4 is 18.1 Å². The summed E-state index contributed by atoms with van der Waals surface area (Å²) in [7, 11) is 2.91. The molecule has 1 amide bonds. The number of amides is 1. The van der Waals surface area contributed by atoms with Crippen LogP contribution in [-0.4, -0.2) is 43.5 Å². The minimum atomic E-state index is -1.12. The molecular formula is C19H20N2O6. The predicted octanol–water partition coefficient (Wildman–Crippen LogP) is 2.32. The number of carbonyl (C=O) groups is 2. The largest absolute Gasteiger partial charge is 0.496 e. The van der Waals surface area contributed by atoms with E-state index in [2.05, 4.69) is 10.5 Å². The fourth-order valence-corrected chi connectivity index (χ4v) is 2.20. The van der Waals surface area contributed by atoms with Crippen LogP contribution < -0.4 is 19.6 Å². The number of methoxy groups -OCH3 is 2. The lowest BCUT2D eigenvalue weighted by atomic mass is 10.2. The molecule has 8 heteroatoms. The number of hydrazone groups is 1. The smallest absolute Gasteiger partial charge is 0.344 e. The highest BCUT2D eigenvalue weighted by Crippen LogP contribution is 2.31. The molecule has 0 spiro atoms. The third kappa shape index (κ3) is 4.97. The number of aliphatic carboxylic acids is 1. The second kappa shape index (κ2) is 9.23. The molecule has 0 radical (unpaired) electrons. The number of hydrogen-bond acceptors (Lipinski definition) is 6. The van der Waals surface area contributed by atoms with Gasteiger partial charge in [0.25, 0.3) is 5.91 Å². The van der Waals surface area contributed by atoms with Gasteiger partial charge in [0.15, 0.2) is 17.6 Å². The van der Waals surface area contributed by atoms with Crippen LogP contribution in [0, 0.1) is 0 Å². The zero-order chi connectivity index (χ0) is 19.8. The van der Waals surface area contributed by atoms with E-state index in [9.17, 15) is 9.59 Å². The topological polar surface area (TPSA) is 106 Å². The number of nitrogens with one attached hydrogen (secondary N) is 1. The summed E-state index contributed by atoms with van der Waals surface area (Å²) < 4.78 is 15.8. The van der Waals surface area contributed by atoms with Gasteiger partial charge in [0.05, 0.1) is 26.0 Å². The van der Waals surface area contributed by atoms with Crippen LogP contribution in [-0.2, 0) is 4.79 Å². The summed E-state index contributed by atoms with van der Waals surface area (Å²) >= 11 is 0. The van der Waals surface area contributed by atoms with Gasteiger partial charge < -0.3 is 19.3 Å². The van der Waals surface area contributed by atoms with Crippen molar-refractivity contribution in [3.05, 3.63) is 53.6 Å². The molecule has 2 N–H and O–H groups in total. The Balaban J connectivity index is 2.21. The van der Waals surface area contributed by atoms with E-state index in [1.807, 2.05) is 0 Å². The Morgan fingerprint density at radius 2 is 1.74 bits per heavy atom. The summed E-state index contributed by atoms with van der Waals surface area (Å²) in [6, 6.07) is 11.7. The Hall–Kier alpha value is -3.55. The molecule has 0 aliphatic heterocycles. The molecule has 8 nitrogen and oxygen atoms in total. The number of carboxylic acids is 1. The van der Waals surface area contributed by atoms with Crippen LogP contribution in [0.1, 0.15) is 22.8 Å². The Bertz CT molecular complexity index is 850. The van der Waals surface area contributed by atoms with Crippen LogP contribution in [0.3, 0.4) is 0 Å². The van der Waals surface area contributed by atoms with E-state index in [-0.39, 0.29) is 5.75 Å². The summed E-state index contributed by atoms with van der Waals surface area (Å²) in [6.07, 6.45) is 0.261. The van der Waals surface area contributed by atoms with Gasteiger partial charge >= 0.3 is 5.97 Å². The van der Waals surface area contributed by atoms with Gasteiger partial charge in [0.1, 0.15) is 5.75 Å². The summed E-state index contributed by atoms with van der Waals surface area (Å²) in [4.78, 5) is 23.3. The van der Waals surface area contributed by atoms with Crippen LogP contribution in [0.5, 0.6) is 17.2 Å². The van der Waals surface area contributed by atoms with E-state index in [4.69, 9.17) is 19.3 Å². The molecule has 2 aromatic rings. The fourth-order valence-electron chi connectivity index (χ4n) is 2.20. The molecule has 1 atom stereocenters. The lowest BCUT2D eigenvalue weighted by molar-refractivity contribution is -0.144. The highest BCUT2D eigenvalue weighted by molar-refractivity contribution is 5.97. The Morgan fingerprint density at radius 3 is 2.41 bits per heavy atom. The van der Waals surface area contributed by atoms with Crippen molar-refractivity contribution in [2.45, 2.75) is 13.0 Å². The van der Waals surface area contributed by atoms with Crippen LogP contribution in [0.15, 0.2) is 47.6 Å². The van der Waals surface area contributed by atoms with Crippen LogP contribution in [0.4, 0.5) is 0 Å². The van der Waals surface area contributed by atoms with Crippen LogP contribution in [0.2, 0.25) is 0 Å². The summed E-state index contributed by atoms with van der Waals surface area (Å²) in [5.74, 6) is -0.583. The number of carboxylic acid groups (broad SMARTS) is 1. The summed E-state index contributed by atoms with van der Waals surface area (Å²) in [5.41, 5.74) is 3.18. The first-order chi connectivity index (χ1) is 13.0. The fraction of sp³-hybridized carbons (Fsp3) is 0.211. The number of benzene rings is 2. The van der Waals surface area contributed by atoms with Crippen molar-refractivity contribution in [3.8, 4) is 17.2 Å². The lowest BCUT2D eigenvalue weighted by Crippen LogP contribution is -2.24. The van der Waals surface area contributed by atoms with Gasteiger partial charge in [-0.1, -0.05) is 18.2 Å². The van der Waals surface area contributed by atoms with E-state index in [1.54, 1.807) is 42.5 Å². The Labute approximate surface area is 156 Å². The SMILES string of the molecule is COc1ccccc1C(=O)N/N=C\c1cccc(OC)c1O[C@H](C)C(=O)O. The molecule has 27 heavy (non-hydrogen) atoms. The van der Waals surface area contributed by atoms with E-state index < -0.39 is 18.0 Å². The van der Waals surface area contributed by atoms with Crippen molar-refractivity contribution < 1.29 is 28.9 Å². The normalized spacial score (nSPS) is 11.7. The van der Waals surface area contributed by atoms with E-state index in [0.29, 0.717) is 22.6 Å². The van der Waals surface area contributed by atoms with Crippen molar-refractivity contribution in [1.82, 2.24) is 5.43 Å². The highest BCUT2D eigenvalue weighted by atomic mass is 16.5. The van der Waals surface area contributed by atoms with Gasteiger partial charge in [0, 0.05) is 5.56 Å². The number of ether oxygens (including phenoxy) is 3. The maximum atomic E-state index is 12.3. The second-order valence-corrected chi connectivity index (χ2v) is 5.38. The minimum Gasteiger partial charge on any atom is -0.496 e. The average Bonchev–Trinajstić information content (AvgIpc) is 2.68. The van der Waals surface area contributed by atoms with Crippen molar-refractivity contribution in [1.29, 1.82) is 0 Å². The van der Waals surface area contributed by atoms with Crippen molar-refractivity contribution in [2.75, 3.05) is 14.2 Å². The van der Waals surface area contributed by atoms with Crippen LogP contribution >= 0.6 is 0 Å². The maximum absolute atomic E-state index is 12.3. The predicted molar refractivity (Wildman–Crippen MR) is 98.8 cm³/mol. The molecule has 0 heterocycles. The van der Waals surface area contributed by atoms with Crippen LogP contribution in [0.25, 0.3) is 0 Å². The zero-order valence-electron chi connectivity index (χ0n) is 15.1. The van der Waals surface area contributed by atoms with E-state index in [1.165, 1.54) is 27.4 Å². The summed E-state index contributed by atoms with van der Waals surface area (Å²) in [6.45, 7) is 1.40. The third-order valence-electron chi connectivity index (χ3n) is 3.59. The molecule has 0 fully saturated rings. The molecule has 0 aliphatic rings.